The molecule has 0 bridgehead atoms. The van der Waals surface area contributed by atoms with E-state index in [1.807, 2.05) is 12.4 Å². The first-order valence-corrected chi connectivity index (χ1v) is 5.68. The third-order valence-corrected chi connectivity index (χ3v) is 2.44. The molecule has 1 heterocycles. The highest BCUT2D eigenvalue weighted by Gasteiger charge is 2.01. The zero-order valence-corrected chi connectivity index (χ0v) is 10.0. The summed E-state index contributed by atoms with van der Waals surface area (Å²) in [4.78, 5) is 0. The Morgan fingerprint density at radius 2 is 2.00 bits per heavy atom. The van der Waals surface area contributed by atoms with Crippen molar-refractivity contribution in [2.75, 3.05) is 0 Å². The standard InChI is InChI=1S/C13H16FN3/c1-10(2)15-7-11-8-16-17(9-11)13-5-3-12(14)4-6-13/h3-6,8-10,15H,7H2,1-2H3. The number of nitrogens with one attached hydrogen (secondary N) is 1. The molecule has 0 spiro atoms. The van der Waals surface area contributed by atoms with Gasteiger partial charge in [0.25, 0.3) is 0 Å². The molecule has 0 unspecified atom stereocenters. The molecule has 2 aromatic rings. The van der Waals surface area contributed by atoms with Crippen LogP contribution >= 0.6 is 0 Å². The normalized spacial score (nSPS) is 11.1. The Balaban J connectivity index is 2.10. The number of benzene rings is 1. The first kappa shape index (κ1) is 11.8. The van der Waals surface area contributed by atoms with Crippen LogP contribution in [-0.4, -0.2) is 15.8 Å². The third-order valence-electron chi connectivity index (χ3n) is 2.44. The van der Waals surface area contributed by atoms with Gasteiger partial charge in [-0.2, -0.15) is 5.10 Å². The van der Waals surface area contributed by atoms with Crippen LogP contribution < -0.4 is 5.32 Å². The molecule has 0 atom stereocenters. The summed E-state index contributed by atoms with van der Waals surface area (Å²) >= 11 is 0. The Morgan fingerprint density at radius 1 is 1.29 bits per heavy atom. The first-order valence-electron chi connectivity index (χ1n) is 5.68. The lowest BCUT2D eigenvalue weighted by atomic mass is 10.3. The quantitative estimate of drug-likeness (QED) is 0.879. The molecule has 0 aliphatic heterocycles. The minimum absolute atomic E-state index is 0.234. The first-order chi connectivity index (χ1) is 8.15. The van der Waals surface area contributed by atoms with E-state index < -0.39 is 0 Å². The second kappa shape index (κ2) is 5.10. The largest absolute Gasteiger partial charge is 0.310 e. The van der Waals surface area contributed by atoms with E-state index in [-0.39, 0.29) is 5.82 Å². The second-order valence-corrected chi connectivity index (χ2v) is 4.31. The van der Waals surface area contributed by atoms with Gasteiger partial charge in [-0.05, 0) is 24.3 Å². The van der Waals surface area contributed by atoms with Crippen LogP contribution in [0.25, 0.3) is 5.69 Å². The van der Waals surface area contributed by atoms with Crippen LogP contribution in [0.5, 0.6) is 0 Å². The van der Waals surface area contributed by atoms with Crippen molar-refractivity contribution >= 4 is 0 Å². The zero-order chi connectivity index (χ0) is 12.3. The number of halogens is 1. The molecule has 90 valence electrons. The van der Waals surface area contributed by atoms with E-state index in [2.05, 4.69) is 24.3 Å². The predicted octanol–water partition coefficient (Wildman–Crippen LogP) is 2.51. The van der Waals surface area contributed by atoms with Crippen LogP contribution in [0.15, 0.2) is 36.7 Å². The minimum Gasteiger partial charge on any atom is -0.310 e. The summed E-state index contributed by atoms with van der Waals surface area (Å²) < 4.78 is 14.5. The molecular formula is C13H16FN3. The average molecular weight is 233 g/mol. The van der Waals surface area contributed by atoms with Crippen molar-refractivity contribution in [2.45, 2.75) is 26.4 Å². The topological polar surface area (TPSA) is 29.9 Å². The molecule has 17 heavy (non-hydrogen) atoms. The van der Waals surface area contributed by atoms with Crippen molar-refractivity contribution in [1.29, 1.82) is 0 Å². The fourth-order valence-corrected chi connectivity index (χ4v) is 1.51. The molecule has 4 heteroatoms. The SMILES string of the molecule is CC(C)NCc1cnn(-c2ccc(F)cc2)c1. The summed E-state index contributed by atoms with van der Waals surface area (Å²) in [5.74, 6) is -0.234. The van der Waals surface area contributed by atoms with Gasteiger partial charge in [0, 0.05) is 24.3 Å². The molecule has 0 aliphatic rings. The van der Waals surface area contributed by atoms with Crippen LogP contribution in [0, 0.1) is 5.82 Å². The van der Waals surface area contributed by atoms with Gasteiger partial charge in [0.1, 0.15) is 5.82 Å². The van der Waals surface area contributed by atoms with Crippen LogP contribution in [0.3, 0.4) is 0 Å². The molecule has 0 saturated carbocycles. The van der Waals surface area contributed by atoms with E-state index in [1.165, 1.54) is 12.1 Å². The van der Waals surface area contributed by atoms with E-state index in [9.17, 15) is 4.39 Å². The van der Waals surface area contributed by atoms with Crippen molar-refractivity contribution in [3.05, 3.63) is 48.0 Å². The molecular weight excluding hydrogens is 217 g/mol. The van der Waals surface area contributed by atoms with E-state index in [0.29, 0.717) is 6.04 Å². The summed E-state index contributed by atoms with van der Waals surface area (Å²) in [6, 6.07) is 6.74. The van der Waals surface area contributed by atoms with Crippen molar-refractivity contribution in [1.82, 2.24) is 15.1 Å². The Morgan fingerprint density at radius 3 is 2.65 bits per heavy atom. The van der Waals surface area contributed by atoms with Gasteiger partial charge in [-0.1, -0.05) is 13.8 Å². The van der Waals surface area contributed by atoms with Gasteiger partial charge in [0.2, 0.25) is 0 Å². The molecule has 0 saturated heterocycles. The molecule has 1 aromatic heterocycles. The molecule has 0 fully saturated rings. The molecule has 1 N–H and O–H groups in total. The maximum atomic E-state index is 12.8. The predicted molar refractivity (Wildman–Crippen MR) is 65.5 cm³/mol. The lowest BCUT2D eigenvalue weighted by Gasteiger charge is -2.05. The number of nitrogens with zero attached hydrogens (tertiary/aromatic N) is 2. The van der Waals surface area contributed by atoms with Gasteiger partial charge < -0.3 is 5.32 Å². The number of hydrogen-bond donors (Lipinski definition) is 1. The van der Waals surface area contributed by atoms with Gasteiger partial charge in [-0.15, -0.1) is 0 Å². The molecule has 0 aliphatic carbocycles. The molecule has 3 nitrogen and oxygen atoms in total. The van der Waals surface area contributed by atoms with Crippen LogP contribution in [0.4, 0.5) is 4.39 Å². The van der Waals surface area contributed by atoms with E-state index in [1.54, 1.807) is 16.8 Å². The molecule has 0 radical (unpaired) electrons. The van der Waals surface area contributed by atoms with Crippen molar-refractivity contribution < 1.29 is 4.39 Å². The number of aromatic nitrogens is 2. The van der Waals surface area contributed by atoms with Crippen molar-refractivity contribution in [3.63, 3.8) is 0 Å². The van der Waals surface area contributed by atoms with Gasteiger partial charge in [-0.25, -0.2) is 9.07 Å². The van der Waals surface area contributed by atoms with Crippen molar-refractivity contribution in [3.8, 4) is 5.69 Å². The molecule has 2 rings (SSSR count). The second-order valence-electron chi connectivity index (χ2n) is 4.31. The van der Waals surface area contributed by atoms with Crippen LogP contribution in [-0.2, 0) is 6.54 Å². The maximum absolute atomic E-state index is 12.8. The monoisotopic (exact) mass is 233 g/mol. The number of hydrogen-bond acceptors (Lipinski definition) is 2. The van der Waals surface area contributed by atoms with Gasteiger partial charge in [0.15, 0.2) is 0 Å². The smallest absolute Gasteiger partial charge is 0.123 e. The lowest BCUT2D eigenvalue weighted by Crippen LogP contribution is -2.21. The fraction of sp³-hybridized carbons (Fsp3) is 0.308. The Bertz CT molecular complexity index is 474. The van der Waals surface area contributed by atoms with E-state index in [0.717, 1.165) is 17.8 Å². The van der Waals surface area contributed by atoms with Crippen LogP contribution in [0.1, 0.15) is 19.4 Å². The Hall–Kier alpha value is -1.68. The lowest BCUT2D eigenvalue weighted by molar-refractivity contribution is 0.589. The molecule has 0 amide bonds. The summed E-state index contributed by atoms with van der Waals surface area (Å²) in [5, 5.41) is 7.57. The van der Waals surface area contributed by atoms with Crippen LogP contribution in [0.2, 0.25) is 0 Å². The third kappa shape index (κ3) is 3.14. The minimum atomic E-state index is -0.234. The summed E-state index contributed by atoms with van der Waals surface area (Å²) in [6.07, 6.45) is 3.77. The summed E-state index contributed by atoms with van der Waals surface area (Å²) in [7, 11) is 0. The fourth-order valence-electron chi connectivity index (χ4n) is 1.51. The Kier molecular flexibility index (Phi) is 3.54. The summed E-state index contributed by atoms with van der Waals surface area (Å²) in [5.41, 5.74) is 1.98. The zero-order valence-electron chi connectivity index (χ0n) is 10.0. The summed E-state index contributed by atoms with van der Waals surface area (Å²) in [6.45, 7) is 4.99. The van der Waals surface area contributed by atoms with Gasteiger partial charge in [0.05, 0.1) is 11.9 Å². The van der Waals surface area contributed by atoms with Gasteiger partial charge >= 0.3 is 0 Å². The van der Waals surface area contributed by atoms with Gasteiger partial charge in [-0.3, -0.25) is 0 Å². The van der Waals surface area contributed by atoms with E-state index >= 15 is 0 Å². The number of rotatable bonds is 4. The highest BCUT2D eigenvalue weighted by molar-refractivity contribution is 5.31. The average Bonchev–Trinajstić information content (AvgIpc) is 2.76. The maximum Gasteiger partial charge on any atom is 0.123 e. The van der Waals surface area contributed by atoms with E-state index in [4.69, 9.17) is 0 Å². The van der Waals surface area contributed by atoms with Crippen molar-refractivity contribution in [2.24, 2.45) is 0 Å². The highest BCUT2D eigenvalue weighted by atomic mass is 19.1. The highest BCUT2D eigenvalue weighted by Crippen LogP contribution is 2.09. The molecule has 1 aromatic carbocycles. The Labute approximate surface area is 100 Å².